The van der Waals surface area contributed by atoms with Crippen LogP contribution in [0.15, 0.2) is 77.7 Å². The number of anilines is 1. The zero-order valence-corrected chi connectivity index (χ0v) is 24.7. The Morgan fingerprint density at radius 2 is 1.63 bits per heavy atom. The smallest absolute Gasteiger partial charge is 0.264 e. The maximum atomic E-state index is 14.2. The summed E-state index contributed by atoms with van der Waals surface area (Å²) in [5, 5.41) is 2.91. The van der Waals surface area contributed by atoms with E-state index in [9.17, 15) is 18.0 Å². The van der Waals surface area contributed by atoms with E-state index in [0.717, 1.165) is 15.4 Å². The predicted molar refractivity (Wildman–Crippen MR) is 157 cm³/mol. The Hall–Kier alpha value is -4.05. The van der Waals surface area contributed by atoms with Gasteiger partial charge in [0.15, 0.2) is 11.5 Å². The normalized spacial score (nSPS) is 13.4. The molecule has 1 heterocycles. The van der Waals surface area contributed by atoms with Crippen molar-refractivity contribution < 1.29 is 27.5 Å². The maximum absolute atomic E-state index is 14.2. The lowest BCUT2D eigenvalue weighted by Gasteiger charge is -2.34. The molecule has 1 aliphatic heterocycles. The Kier molecular flexibility index (Phi) is 9.54. The number of carbonyl (C=O) groups excluding carboxylic acids is 2. The largest absolute Gasteiger partial charge is 0.486 e. The van der Waals surface area contributed by atoms with E-state index in [1.54, 1.807) is 36.4 Å². The van der Waals surface area contributed by atoms with E-state index in [1.165, 1.54) is 17.0 Å². The molecule has 0 fully saturated rings. The fourth-order valence-corrected chi connectivity index (χ4v) is 6.17. The second-order valence-electron chi connectivity index (χ2n) is 10.3. The van der Waals surface area contributed by atoms with E-state index in [0.29, 0.717) is 31.1 Å². The van der Waals surface area contributed by atoms with E-state index >= 15 is 0 Å². The quantitative estimate of drug-likeness (QED) is 0.363. The fourth-order valence-electron chi connectivity index (χ4n) is 4.74. The van der Waals surface area contributed by atoms with Gasteiger partial charge in [0.25, 0.3) is 10.0 Å². The molecule has 0 radical (unpaired) electrons. The van der Waals surface area contributed by atoms with Gasteiger partial charge in [0.05, 0.1) is 10.6 Å². The highest BCUT2D eigenvalue weighted by molar-refractivity contribution is 7.92. The van der Waals surface area contributed by atoms with Gasteiger partial charge in [0, 0.05) is 18.7 Å². The number of sulfonamides is 1. The first kappa shape index (κ1) is 29.9. The van der Waals surface area contributed by atoms with Crippen LogP contribution in [0.5, 0.6) is 11.5 Å². The van der Waals surface area contributed by atoms with Gasteiger partial charge < -0.3 is 19.7 Å². The molecular formula is C31H37N3O6S. The molecule has 41 heavy (non-hydrogen) atoms. The van der Waals surface area contributed by atoms with Crippen LogP contribution in [-0.2, 0) is 26.2 Å². The van der Waals surface area contributed by atoms with E-state index in [1.807, 2.05) is 52.0 Å². The molecule has 2 amide bonds. The number of rotatable bonds is 11. The summed E-state index contributed by atoms with van der Waals surface area (Å²) in [6.45, 7) is 7.84. The third kappa shape index (κ3) is 7.18. The van der Waals surface area contributed by atoms with Crippen molar-refractivity contribution in [3.05, 3.63) is 83.9 Å². The van der Waals surface area contributed by atoms with Crippen molar-refractivity contribution in [2.75, 3.05) is 24.1 Å². The lowest BCUT2D eigenvalue weighted by Crippen LogP contribution is -2.53. The third-order valence-corrected chi connectivity index (χ3v) is 8.46. The summed E-state index contributed by atoms with van der Waals surface area (Å²) in [6.07, 6.45) is 0.353. The molecule has 0 aliphatic carbocycles. The highest BCUT2D eigenvalue weighted by Crippen LogP contribution is 2.36. The molecule has 1 atom stereocenters. The van der Waals surface area contributed by atoms with Gasteiger partial charge in [0.2, 0.25) is 11.8 Å². The Morgan fingerprint density at radius 1 is 0.927 bits per heavy atom. The van der Waals surface area contributed by atoms with Crippen LogP contribution in [-0.4, -0.2) is 57.0 Å². The molecule has 218 valence electrons. The van der Waals surface area contributed by atoms with Crippen molar-refractivity contribution in [3.8, 4) is 11.5 Å². The summed E-state index contributed by atoms with van der Waals surface area (Å²) in [7, 11) is -4.17. The summed E-state index contributed by atoms with van der Waals surface area (Å²) in [5.74, 6) is 0.0987. The first-order chi connectivity index (χ1) is 19.6. The topological polar surface area (TPSA) is 105 Å². The number of nitrogens with zero attached hydrogens (tertiary/aromatic N) is 2. The first-order valence-corrected chi connectivity index (χ1v) is 15.2. The highest BCUT2D eigenvalue weighted by atomic mass is 32.2. The van der Waals surface area contributed by atoms with Crippen LogP contribution in [0.25, 0.3) is 0 Å². The van der Waals surface area contributed by atoms with Crippen molar-refractivity contribution in [3.63, 3.8) is 0 Å². The van der Waals surface area contributed by atoms with Gasteiger partial charge in [-0.1, -0.05) is 55.0 Å². The highest BCUT2D eigenvalue weighted by Gasteiger charge is 2.34. The molecule has 0 aromatic heterocycles. The van der Waals surface area contributed by atoms with E-state index in [2.05, 4.69) is 5.32 Å². The van der Waals surface area contributed by atoms with E-state index in [4.69, 9.17) is 9.47 Å². The molecule has 0 bridgehead atoms. The Bertz CT molecular complexity index is 1480. The van der Waals surface area contributed by atoms with Crippen molar-refractivity contribution in [1.29, 1.82) is 0 Å². The number of hydrogen-bond donors (Lipinski definition) is 1. The van der Waals surface area contributed by atoms with Crippen LogP contribution in [0.1, 0.15) is 38.3 Å². The molecule has 1 aliphatic rings. The van der Waals surface area contributed by atoms with Gasteiger partial charge >= 0.3 is 0 Å². The standard InChI is InChI=1S/C31H37N3O6S/c1-5-27(31(36)32-22(2)3)33(20-24-11-9-10-23(4)18-24)30(35)21-34(41(37,38)26-12-7-6-8-13-26)25-14-15-28-29(19-25)40-17-16-39-28/h6-15,18-19,22,27H,5,16-17,20-21H2,1-4H3,(H,32,36)/t27-/m0/s1. The molecule has 0 unspecified atom stereocenters. The van der Waals surface area contributed by atoms with Crippen LogP contribution in [0.3, 0.4) is 0 Å². The van der Waals surface area contributed by atoms with Gasteiger partial charge in [-0.15, -0.1) is 0 Å². The number of benzene rings is 3. The molecule has 1 N–H and O–H groups in total. The number of hydrogen-bond acceptors (Lipinski definition) is 6. The van der Waals surface area contributed by atoms with Crippen LogP contribution in [0.2, 0.25) is 0 Å². The Labute approximate surface area is 242 Å². The van der Waals surface area contributed by atoms with Gasteiger partial charge in [-0.25, -0.2) is 8.42 Å². The zero-order valence-electron chi connectivity index (χ0n) is 23.9. The molecule has 3 aromatic carbocycles. The monoisotopic (exact) mass is 579 g/mol. The van der Waals surface area contributed by atoms with Crippen LogP contribution >= 0.6 is 0 Å². The Balaban J connectivity index is 1.76. The number of carbonyl (C=O) groups is 2. The van der Waals surface area contributed by atoms with Crippen molar-refractivity contribution in [2.45, 2.75) is 57.6 Å². The van der Waals surface area contributed by atoms with E-state index < -0.39 is 28.5 Å². The zero-order chi connectivity index (χ0) is 29.6. The second-order valence-corrected chi connectivity index (χ2v) is 12.1. The summed E-state index contributed by atoms with van der Waals surface area (Å²) < 4.78 is 40.4. The minimum atomic E-state index is -4.17. The number of amides is 2. The molecule has 0 saturated heterocycles. The summed E-state index contributed by atoms with van der Waals surface area (Å²) in [5.41, 5.74) is 2.10. The lowest BCUT2D eigenvalue weighted by molar-refractivity contribution is -0.140. The van der Waals surface area contributed by atoms with Gasteiger partial charge in [-0.2, -0.15) is 0 Å². The van der Waals surface area contributed by atoms with Gasteiger partial charge in [0.1, 0.15) is 25.8 Å². The summed E-state index contributed by atoms with van der Waals surface area (Å²) in [4.78, 5) is 28.9. The maximum Gasteiger partial charge on any atom is 0.264 e. The minimum Gasteiger partial charge on any atom is -0.486 e. The van der Waals surface area contributed by atoms with Crippen molar-refractivity contribution in [2.24, 2.45) is 0 Å². The Morgan fingerprint density at radius 3 is 2.29 bits per heavy atom. The van der Waals surface area contributed by atoms with E-state index in [-0.39, 0.29) is 29.1 Å². The minimum absolute atomic E-state index is 0.0394. The first-order valence-electron chi connectivity index (χ1n) is 13.7. The van der Waals surface area contributed by atoms with Gasteiger partial charge in [-0.3, -0.25) is 13.9 Å². The number of fused-ring (bicyclic) bond motifs is 1. The second kappa shape index (κ2) is 13.1. The van der Waals surface area contributed by atoms with Gasteiger partial charge in [-0.05, 0) is 57.0 Å². The van der Waals surface area contributed by atoms with Crippen LogP contribution in [0.4, 0.5) is 5.69 Å². The third-order valence-electron chi connectivity index (χ3n) is 6.68. The molecular weight excluding hydrogens is 542 g/mol. The molecule has 0 saturated carbocycles. The molecule has 0 spiro atoms. The average molecular weight is 580 g/mol. The van der Waals surface area contributed by atoms with Crippen molar-refractivity contribution >= 4 is 27.5 Å². The number of nitrogens with one attached hydrogen (secondary N) is 1. The summed E-state index contributed by atoms with van der Waals surface area (Å²) in [6, 6.07) is 19.5. The SMILES string of the molecule is CC[C@@H](C(=O)NC(C)C)N(Cc1cccc(C)c1)C(=O)CN(c1ccc2c(c1)OCCO2)S(=O)(=O)c1ccccc1. The number of ether oxygens (including phenoxy) is 2. The van der Waals surface area contributed by atoms with Crippen molar-refractivity contribution in [1.82, 2.24) is 10.2 Å². The molecule has 4 rings (SSSR count). The summed E-state index contributed by atoms with van der Waals surface area (Å²) >= 11 is 0. The number of aryl methyl sites for hydroxylation is 1. The molecule has 10 heteroatoms. The fraction of sp³-hybridized carbons (Fsp3) is 0.355. The molecule has 3 aromatic rings. The predicted octanol–water partition coefficient (Wildman–Crippen LogP) is 4.29. The molecule has 9 nitrogen and oxygen atoms in total. The van der Waals surface area contributed by atoms with Crippen LogP contribution in [0, 0.1) is 6.92 Å². The average Bonchev–Trinajstić information content (AvgIpc) is 2.95. The van der Waals surface area contributed by atoms with Crippen LogP contribution < -0.4 is 19.1 Å². The lowest BCUT2D eigenvalue weighted by atomic mass is 10.1.